The number of nitrogens with zero attached hydrogens (tertiary/aromatic N) is 3. The molecule has 5 nitrogen and oxygen atoms in total. The summed E-state index contributed by atoms with van der Waals surface area (Å²) in [6.45, 7) is 8.50. The third kappa shape index (κ3) is 4.56. The van der Waals surface area contributed by atoms with Gasteiger partial charge < -0.3 is 19.4 Å². The van der Waals surface area contributed by atoms with Crippen LogP contribution in [0.2, 0.25) is 0 Å². The molecule has 0 saturated heterocycles. The van der Waals surface area contributed by atoms with Crippen molar-refractivity contribution in [2.45, 2.75) is 45.6 Å². The molecule has 0 amide bonds. The van der Waals surface area contributed by atoms with Crippen LogP contribution in [0.4, 0.5) is 0 Å². The molecule has 2 unspecified atom stereocenters. The first-order chi connectivity index (χ1) is 14.3. The molecular weight excluding hydrogens is 372 g/mol. The van der Waals surface area contributed by atoms with Crippen molar-refractivity contribution in [1.29, 1.82) is 0 Å². The lowest BCUT2D eigenvalue weighted by molar-refractivity contribution is -0.109. The standard InChI is InChI=1S/C25H32N4O/c1-17(2)19-7-9-20(10-8-19)22(16-30)24(27-25(18(3)4)28(5)6)21-11-12-23-26-13-14-29(23)15-21/h7-17,22,24,27H,1-6H3. The topological polar surface area (TPSA) is 49.6 Å². The molecule has 2 aromatic heterocycles. The van der Waals surface area contributed by atoms with Crippen LogP contribution in [0.1, 0.15) is 62.3 Å². The van der Waals surface area contributed by atoms with Gasteiger partial charge in [-0.2, -0.15) is 0 Å². The number of carbonyl (C=O) groups is 1. The molecule has 1 N–H and O–H groups in total. The van der Waals surface area contributed by atoms with Gasteiger partial charge in [0, 0.05) is 32.7 Å². The van der Waals surface area contributed by atoms with Gasteiger partial charge in [0.2, 0.25) is 0 Å². The zero-order valence-corrected chi connectivity index (χ0v) is 18.8. The van der Waals surface area contributed by atoms with Crippen LogP contribution in [0.15, 0.2) is 66.4 Å². The number of carbonyl (C=O) groups excluding carboxylic acids is 1. The zero-order valence-electron chi connectivity index (χ0n) is 18.8. The third-order valence-electron chi connectivity index (χ3n) is 5.48. The Morgan fingerprint density at radius 1 is 1.03 bits per heavy atom. The first-order valence-corrected chi connectivity index (χ1v) is 10.4. The molecule has 158 valence electrons. The number of benzene rings is 1. The van der Waals surface area contributed by atoms with E-state index >= 15 is 0 Å². The average molecular weight is 405 g/mol. The van der Waals surface area contributed by atoms with Crippen molar-refractivity contribution in [2.24, 2.45) is 0 Å². The number of aldehydes is 1. The Bertz CT molecular complexity index is 1030. The molecule has 5 heteroatoms. The van der Waals surface area contributed by atoms with Gasteiger partial charge in [0.25, 0.3) is 0 Å². The number of aromatic nitrogens is 2. The monoisotopic (exact) mass is 404 g/mol. The Hall–Kier alpha value is -3.08. The summed E-state index contributed by atoms with van der Waals surface area (Å²) in [7, 11) is 4.03. The molecule has 3 aromatic rings. The number of imidazole rings is 1. The van der Waals surface area contributed by atoms with E-state index in [9.17, 15) is 4.79 Å². The summed E-state index contributed by atoms with van der Waals surface area (Å²) >= 11 is 0. The Morgan fingerprint density at radius 3 is 2.23 bits per heavy atom. The summed E-state index contributed by atoms with van der Waals surface area (Å²) in [6.07, 6.45) is 6.82. The van der Waals surface area contributed by atoms with Crippen LogP contribution >= 0.6 is 0 Å². The maximum atomic E-state index is 12.4. The largest absolute Gasteiger partial charge is 0.365 e. The molecule has 0 radical (unpaired) electrons. The van der Waals surface area contributed by atoms with Gasteiger partial charge in [-0.05, 0) is 48.1 Å². The quantitative estimate of drug-likeness (QED) is 0.544. The molecule has 2 atom stereocenters. The smallest absolute Gasteiger partial charge is 0.136 e. The minimum Gasteiger partial charge on any atom is -0.365 e. The van der Waals surface area contributed by atoms with Crippen LogP contribution in [-0.4, -0.2) is 34.7 Å². The van der Waals surface area contributed by atoms with Crippen LogP contribution in [0.25, 0.3) is 5.65 Å². The molecule has 0 saturated carbocycles. The van der Waals surface area contributed by atoms with Gasteiger partial charge in [0.05, 0.1) is 17.8 Å². The molecule has 0 aliphatic carbocycles. The summed E-state index contributed by atoms with van der Waals surface area (Å²) < 4.78 is 1.99. The number of pyridine rings is 1. The minimum atomic E-state index is -0.332. The van der Waals surface area contributed by atoms with Gasteiger partial charge in [-0.25, -0.2) is 4.98 Å². The summed E-state index contributed by atoms with van der Waals surface area (Å²) in [4.78, 5) is 18.8. The fourth-order valence-electron chi connectivity index (χ4n) is 3.82. The molecule has 30 heavy (non-hydrogen) atoms. The summed E-state index contributed by atoms with van der Waals surface area (Å²) in [5, 5.41) is 3.65. The second-order valence-electron chi connectivity index (χ2n) is 8.50. The molecule has 0 aliphatic rings. The average Bonchev–Trinajstić information content (AvgIpc) is 3.18. The van der Waals surface area contributed by atoms with Crippen molar-refractivity contribution < 1.29 is 4.79 Å². The van der Waals surface area contributed by atoms with Crippen molar-refractivity contribution in [2.75, 3.05) is 14.1 Å². The Balaban J connectivity index is 2.08. The van der Waals surface area contributed by atoms with E-state index in [1.54, 1.807) is 6.20 Å². The summed E-state index contributed by atoms with van der Waals surface area (Å²) in [5.74, 6) is 1.13. The molecular formula is C25H32N4O. The third-order valence-corrected chi connectivity index (χ3v) is 5.48. The molecule has 1 aromatic carbocycles. The first-order valence-electron chi connectivity index (χ1n) is 10.4. The highest BCUT2D eigenvalue weighted by atomic mass is 16.1. The summed E-state index contributed by atoms with van der Waals surface area (Å²) in [5.41, 5.74) is 5.35. The number of nitrogens with one attached hydrogen (secondary N) is 1. The van der Waals surface area contributed by atoms with Crippen molar-refractivity contribution >= 4 is 11.9 Å². The van der Waals surface area contributed by atoms with Crippen LogP contribution < -0.4 is 5.32 Å². The maximum Gasteiger partial charge on any atom is 0.136 e. The van der Waals surface area contributed by atoms with E-state index in [1.165, 1.54) is 5.56 Å². The maximum absolute atomic E-state index is 12.4. The van der Waals surface area contributed by atoms with Crippen molar-refractivity contribution in [3.63, 3.8) is 0 Å². The number of allylic oxidation sites excluding steroid dienone is 1. The van der Waals surface area contributed by atoms with Gasteiger partial charge in [-0.15, -0.1) is 0 Å². The fourth-order valence-corrected chi connectivity index (χ4v) is 3.82. The lowest BCUT2D eigenvalue weighted by Gasteiger charge is -2.31. The number of rotatable bonds is 8. The van der Waals surface area contributed by atoms with E-state index < -0.39 is 0 Å². The molecule has 2 heterocycles. The van der Waals surface area contributed by atoms with E-state index in [4.69, 9.17) is 0 Å². The van der Waals surface area contributed by atoms with E-state index in [-0.39, 0.29) is 12.0 Å². The fraction of sp³-hybridized carbons (Fsp3) is 0.360. The van der Waals surface area contributed by atoms with Crippen LogP contribution in [0.3, 0.4) is 0 Å². The van der Waals surface area contributed by atoms with Crippen LogP contribution in [0.5, 0.6) is 0 Å². The van der Waals surface area contributed by atoms with Gasteiger partial charge in [0.15, 0.2) is 0 Å². The van der Waals surface area contributed by atoms with E-state index in [2.05, 4.69) is 79.4 Å². The molecule has 0 bridgehead atoms. The van der Waals surface area contributed by atoms with Gasteiger partial charge >= 0.3 is 0 Å². The highest BCUT2D eigenvalue weighted by molar-refractivity contribution is 5.65. The highest BCUT2D eigenvalue weighted by Gasteiger charge is 2.27. The minimum absolute atomic E-state index is 0.216. The van der Waals surface area contributed by atoms with Crippen LogP contribution in [-0.2, 0) is 4.79 Å². The van der Waals surface area contributed by atoms with Gasteiger partial charge in [-0.1, -0.05) is 44.2 Å². The predicted octanol–water partition coefficient (Wildman–Crippen LogP) is 4.88. The molecule has 0 fully saturated rings. The van der Waals surface area contributed by atoms with Crippen molar-refractivity contribution in [3.8, 4) is 0 Å². The van der Waals surface area contributed by atoms with Gasteiger partial charge in [0.1, 0.15) is 11.9 Å². The predicted molar refractivity (Wildman–Crippen MR) is 122 cm³/mol. The SMILES string of the molecule is CC(C)=C(NC(c1ccc2nccn2c1)C(C=O)c1ccc(C(C)C)cc1)N(C)C. The highest BCUT2D eigenvalue weighted by Crippen LogP contribution is 2.32. The first kappa shape index (κ1) is 21.6. The zero-order chi connectivity index (χ0) is 21.8. The lowest BCUT2D eigenvalue weighted by Crippen LogP contribution is -2.34. The number of hydrogen-bond acceptors (Lipinski definition) is 4. The Kier molecular flexibility index (Phi) is 6.60. The van der Waals surface area contributed by atoms with Gasteiger partial charge in [-0.3, -0.25) is 0 Å². The second-order valence-corrected chi connectivity index (χ2v) is 8.50. The number of hydrogen-bond donors (Lipinski definition) is 1. The second kappa shape index (κ2) is 9.16. The van der Waals surface area contributed by atoms with E-state index in [0.29, 0.717) is 5.92 Å². The lowest BCUT2D eigenvalue weighted by atomic mass is 9.87. The normalized spacial score (nSPS) is 13.2. The molecule has 0 aliphatic heterocycles. The summed E-state index contributed by atoms with van der Waals surface area (Å²) in [6, 6.07) is 12.2. The van der Waals surface area contributed by atoms with E-state index in [0.717, 1.165) is 34.5 Å². The van der Waals surface area contributed by atoms with E-state index in [1.807, 2.05) is 30.8 Å². The van der Waals surface area contributed by atoms with Crippen molar-refractivity contribution in [1.82, 2.24) is 19.6 Å². The number of fused-ring (bicyclic) bond motifs is 1. The Morgan fingerprint density at radius 2 is 1.67 bits per heavy atom. The molecule has 3 rings (SSSR count). The van der Waals surface area contributed by atoms with Crippen molar-refractivity contribution in [3.05, 3.63) is 83.1 Å². The Labute approximate surface area is 179 Å². The molecule has 0 spiro atoms. The van der Waals surface area contributed by atoms with Crippen LogP contribution in [0, 0.1) is 0 Å².